The molecule has 6 heteroatoms. The smallest absolute Gasteiger partial charge is 0.225 e. The fourth-order valence-corrected chi connectivity index (χ4v) is 1.01. The van der Waals surface area contributed by atoms with Crippen molar-refractivity contribution in [1.82, 2.24) is 0 Å². The van der Waals surface area contributed by atoms with Crippen LogP contribution in [0.25, 0.3) is 0 Å². The van der Waals surface area contributed by atoms with Gasteiger partial charge in [-0.15, -0.1) is 0 Å². The van der Waals surface area contributed by atoms with Gasteiger partial charge in [-0.1, -0.05) is 0 Å². The summed E-state index contributed by atoms with van der Waals surface area (Å²) in [5.41, 5.74) is -0.871. The highest BCUT2D eigenvalue weighted by molar-refractivity contribution is 5.34. The van der Waals surface area contributed by atoms with Crippen LogP contribution in [0.1, 0.15) is 6.92 Å². The van der Waals surface area contributed by atoms with Gasteiger partial charge in [0.05, 0.1) is 6.54 Å². The average Bonchev–Trinajstić information content (AvgIpc) is 2.19. The van der Waals surface area contributed by atoms with Crippen molar-refractivity contribution in [2.75, 3.05) is 6.54 Å². The van der Waals surface area contributed by atoms with Crippen molar-refractivity contribution in [2.45, 2.75) is 6.92 Å². The van der Waals surface area contributed by atoms with Gasteiger partial charge in [0.15, 0.2) is 0 Å². The van der Waals surface area contributed by atoms with Crippen molar-refractivity contribution in [2.24, 2.45) is 0 Å². The molecule has 0 spiro atoms. The molecule has 0 fully saturated rings. The Morgan fingerprint density at radius 3 is 1.50 bits per heavy atom. The fraction of sp³-hybridized carbons (Fsp3) is 0.250. The largest absolute Gasteiger partial charge is 0.309 e. The lowest BCUT2D eigenvalue weighted by Crippen LogP contribution is -2.78. The maximum Gasteiger partial charge on any atom is 0.225 e. The molecule has 0 aliphatic rings. The molecular formula is C8H7F5N+. The molecule has 1 aromatic rings. The van der Waals surface area contributed by atoms with Crippen LogP contribution in [0.2, 0.25) is 0 Å². The van der Waals surface area contributed by atoms with Gasteiger partial charge in [-0.2, -0.15) is 8.78 Å². The molecule has 0 unspecified atom stereocenters. The topological polar surface area (TPSA) is 16.6 Å². The number of halogens is 5. The molecule has 0 saturated carbocycles. The number of hydrogen-bond acceptors (Lipinski definition) is 0. The summed E-state index contributed by atoms with van der Waals surface area (Å²) in [7, 11) is 0. The second-order valence-electron chi connectivity index (χ2n) is 2.60. The highest BCUT2D eigenvalue weighted by Crippen LogP contribution is 2.23. The normalized spacial score (nSPS) is 10.7. The van der Waals surface area contributed by atoms with Crippen molar-refractivity contribution in [1.29, 1.82) is 0 Å². The summed E-state index contributed by atoms with van der Waals surface area (Å²) in [6, 6.07) is 0. The highest BCUT2D eigenvalue weighted by atomic mass is 19.2. The van der Waals surface area contributed by atoms with Crippen LogP contribution in [0, 0.1) is 29.1 Å². The Bertz CT molecular complexity index is 334. The Morgan fingerprint density at radius 1 is 0.786 bits per heavy atom. The Hall–Kier alpha value is -1.17. The molecular weight excluding hydrogens is 205 g/mol. The Balaban J connectivity index is 3.43. The third kappa shape index (κ3) is 1.57. The summed E-state index contributed by atoms with van der Waals surface area (Å²) in [5.74, 6) is -9.54. The lowest BCUT2D eigenvalue weighted by atomic mass is 10.2. The van der Waals surface area contributed by atoms with E-state index in [4.69, 9.17) is 0 Å². The van der Waals surface area contributed by atoms with Crippen LogP contribution in [0.5, 0.6) is 0 Å². The first kappa shape index (κ1) is 10.9. The van der Waals surface area contributed by atoms with Gasteiger partial charge in [-0.3, -0.25) is 0 Å². The average molecular weight is 212 g/mol. The van der Waals surface area contributed by atoms with E-state index >= 15 is 0 Å². The van der Waals surface area contributed by atoms with E-state index in [2.05, 4.69) is 0 Å². The molecule has 0 saturated heterocycles. The van der Waals surface area contributed by atoms with Gasteiger partial charge < -0.3 is 5.32 Å². The van der Waals surface area contributed by atoms with Crippen LogP contribution in [0.15, 0.2) is 0 Å². The number of benzene rings is 1. The van der Waals surface area contributed by atoms with Crippen LogP contribution >= 0.6 is 0 Å². The van der Waals surface area contributed by atoms with Crippen molar-refractivity contribution < 1.29 is 27.3 Å². The van der Waals surface area contributed by atoms with E-state index in [1.807, 2.05) is 0 Å². The first-order valence-electron chi connectivity index (χ1n) is 3.85. The second kappa shape index (κ2) is 3.91. The molecule has 14 heavy (non-hydrogen) atoms. The predicted molar refractivity (Wildman–Crippen MR) is 38.4 cm³/mol. The van der Waals surface area contributed by atoms with Gasteiger partial charge >= 0.3 is 0 Å². The van der Waals surface area contributed by atoms with Gasteiger partial charge in [-0.25, -0.2) is 13.2 Å². The Labute approximate surface area is 76.5 Å². The molecule has 0 aliphatic heterocycles. The van der Waals surface area contributed by atoms with E-state index in [1.54, 1.807) is 0 Å². The molecule has 1 rings (SSSR count). The molecule has 2 N–H and O–H groups in total. The standard InChI is InChI=1S/C8H6F5N/c1-2-14-8-6(12)4(10)3(9)5(11)7(8)13/h14H,2H2,1H3/p+1. The lowest BCUT2D eigenvalue weighted by molar-refractivity contribution is -0.571. The van der Waals surface area contributed by atoms with E-state index in [-0.39, 0.29) is 6.54 Å². The third-order valence-electron chi connectivity index (χ3n) is 1.65. The van der Waals surface area contributed by atoms with E-state index in [0.717, 1.165) is 5.32 Å². The summed E-state index contributed by atoms with van der Waals surface area (Å²) >= 11 is 0. The lowest BCUT2D eigenvalue weighted by Gasteiger charge is -2.04. The van der Waals surface area contributed by atoms with Gasteiger partial charge in [-0.05, 0) is 6.92 Å². The minimum Gasteiger partial charge on any atom is -0.309 e. The third-order valence-corrected chi connectivity index (χ3v) is 1.65. The zero-order valence-electron chi connectivity index (χ0n) is 7.17. The Morgan fingerprint density at radius 2 is 1.14 bits per heavy atom. The van der Waals surface area contributed by atoms with E-state index in [1.165, 1.54) is 6.92 Å². The summed E-state index contributed by atoms with van der Waals surface area (Å²) in [6.07, 6.45) is 0. The van der Waals surface area contributed by atoms with Crippen molar-refractivity contribution >= 4 is 5.69 Å². The SMILES string of the molecule is CC[NH2+]c1c(F)c(F)c(F)c(F)c1F. The number of nitrogens with two attached hydrogens (primary N) is 1. The van der Waals surface area contributed by atoms with Crippen LogP contribution < -0.4 is 5.32 Å². The summed E-state index contributed by atoms with van der Waals surface area (Å²) in [5, 5.41) is 0.941. The van der Waals surface area contributed by atoms with E-state index in [0.29, 0.717) is 0 Å². The first-order chi connectivity index (χ1) is 6.50. The second-order valence-corrected chi connectivity index (χ2v) is 2.60. The van der Waals surface area contributed by atoms with Crippen molar-refractivity contribution in [3.63, 3.8) is 0 Å². The molecule has 1 aromatic carbocycles. The molecule has 78 valence electrons. The number of quaternary nitrogens is 1. The summed E-state index contributed by atoms with van der Waals surface area (Å²) in [4.78, 5) is 0. The van der Waals surface area contributed by atoms with Gasteiger partial charge in [0, 0.05) is 0 Å². The van der Waals surface area contributed by atoms with Crippen molar-refractivity contribution in [3.8, 4) is 0 Å². The quantitative estimate of drug-likeness (QED) is 0.332. The minimum atomic E-state index is -2.13. The molecule has 0 heterocycles. The monoisotopic (exact) mass is 212 g/mol. The molecule has 0 amide bonds. The summed E-state index contributed by atoms with van der Waals surface area (Å²) < 4.78 is 63.3. The molecule has 0 aromatic heterocycles. The number of rotatable bonds is 2. The van der Waals surface area contributed by atoms with Crippen LogP contribution in [0.3, 0.4) is 0 Å². The molecule has 0 aliphatic carbocycles. The highest BCUT2D eigenvalue weighted by Gasteiger charge is 2.27. The Kier molecular flexibility index (Phi) is 3.05. The van der Waals surface area contributed by atoms with Gasteiger partial charge in [0.1, 0.15) is 0 Å². The molecule has 0 atom stereocenters. The van der Waals surface area contributed by atoms with E-state index in [9.17, 15) is 22.0 Å². The summed E-state index contributed by atoms with van der Waals surface area (Å²) in [6.45, 7) is 1.70. The minimum absolute atomic E-state index is 0.179. The maximum absolute atomic E-state index is 12.8. The zero-order chi connectivity index (χ0) is 10.9. The predicted octanol–water partition coefficient (Wildman–Crippen LogP) is 1.60. The van der Waals surface area contributed by atoms with Crippen LogP contribution in [0.4, 0.5) is 27.6 Å². The van der Waals surface area contributed by atoms with Gasteiger partial charge in [0.25, 0.3) is 0 Å². The van der Waals surface area contributed by atoms with Crippen LogP contribution in [-0.2, 0) is 0 Å². The molecule has 0 bridgehead atoms. The van der Waals surface area contributed by atoms with Crippen molar-refractivity contribution in [3.05, 3.63) is 29.1 Å². The van der Waals surface area contributed by atoms with Gasteiger partial charge in [0.2, 0.25) is 34.8 Å². The zero-order valence-corrected chi connectivity index (χ0v) is 7.17. The van der Waals surface area contributed by atoms with Crippen LogP contribution in [-0.4, -0.2) is 6.54 Å². The first-order valence-corrected chi connectivity index (χ1v) is 3.85. The fourth-order valence-electron chi connectivity index (χ4n) is 1.01. The molecule has 1 nitrogen and oxygen atoms in total. The van der Waals surface area contributed by atoms with E-state index < -0.39 is 34.8 Å². The number of hydrogen-bond donors (Lipinski definition) is 1. The maximum atomic E-state index is 12.8. The molecule has 0 radical (unpaired) electrons.